The maximum atomic E-state index is 6.15. The number of aromatic nitrogens is 2. The van der Waals surface area contributed by atoms with Crippen LogP contribution in [0.1, 0.15) is 5.56 Å². The summed E-state index contributed by atoms with van der Waals surface area (Å²) in [6, 6.07) is 7.69. The number of fused-ring (bicyclic) bond motifs is 1. The van der Waals surface area contributed by atoms with Gasteiger partial charge in [-0.3, -0.25) is 0 Å². The lowest BCUT2D eigenvalue weighted by molar-refractivity contribution is 0.0913. The number of nitrogen functional groups attached to an aromatic ring is 1. The number of nitrogens with two attached hydrogens (primary N) is 1. The van der Waals surface area contributed by atoms with E-state index in [0.717, 1.165) is 43.2 Å². The van der Waals surface area contributed by atoms with E-state index in [-0.39, 0.29) is 6.10 Å². The number of rotatable bonds is 3. The van der Waals surface area contributed by atoms with E-state index in [9.17, 15) is 0 Å². The van der Waals surface area contributed by atoms with Gasteiger partial charge < -0.3 is 25.4 Å². The number of nitrogens with one attached hydrogen (secondary N) is 1. The van der Waals surface area contributed by atoms with Crippen molar-refractivity contribution < 1.29 is 9.47 Å². The van der Waals surface area contributed by atoms with Gasteiger partial charge in [0.15, 0.2) is 11.5 Å². The van der Waals surface area contributed by atoms with Gasteiger partial charge in [-0.15, -0.1) is 0 Å². The van der Waals surface area contributed by atoms with Gasteiger partial charge >= 0.3 is 0 Å². The molecule has 0 amide bonds. The van der Waals surface area contributed by atoms with E-state index in [4.69, 9.17) is 15.2 Å². The Balaban J connectivity index is 1.45. The molecule has 3 N–H and O–H groups in total. The van der Waals surface area contributed by atoms with Crippen LogP contribution in [0.5, 0.6) is 11.5 Å². The molecule has 0 bridgehead atoms. The van der Waals surface area contributed by atoms with Gasteiger partial charge in [-0.05, 0) is 12.1 Å². The zero-order valence-corrected chi connectivity index (χ0v) is 13.4. The molecule has 7 nitrogen and oxygen atoms in total. The maximum absolute atomic E-state index is 6.15. The van der Waals surface area contributed by atoms with Crippen LogP contribution in [0.2, 0.25) is 0 Å². The van der Waals surface area contributed by atoms with Gasteiger partial charge in [-0.2, -0.15) is 4.98 Å². The normalized spacial score (nSPS) is 20.0. The van der Waals surface area contributed by atoms with Crippen molar-refractivity contribution in [3.8, 4) is 11.5 Å². The van der Waals surface area contributed by atoms with Crippen LogP contribution in [0.15, 0.2) is 30.5 Å². The Morgan fingerprint density at radius 1 is 1.21 bits per heavy atom. The number of ether oxygens (including phenoxy) is 2. The molecule has 1 aromatic heterocycles. The molecule has 2 aromatic rings. The predicted molar refractivity (Wildman–Crippen MR) is 91.6 cm³/mol. The lowest BCUT2D eigenvalue weighted by Gasteiger charge is -2.28. The molecular formula is C17H21N5O2. The molecule has 126 valence electrons. The van der Waals surface area contributed by atoms with Gasteiger partial charge in [0.25, 0.3) is 0 Å². The molecule has 0 spiro atoms. The summed E-state index contributed by atoms with van der Waals surface area (Å²) in [6.45, 7) is 4.18. The van der Waals surface area contributed by atoms with Crippen molar-refractivity contribution in [1.82, 2.24) is 15.3 Å². The van der Waals surface area contributed by atoms with Gasteiger partial charge in [-0.1, -0.05) is 12.1 Å². The summed E-state index contributed by atoms with van der Waals surface area (Å²) in [6.07, 6.45) is 2.35. The van der Waals surface area contributed by atoms with E-state index in [1.54, 1.807) is 0 Å². The standard InChI is InChI=1S/C17H21N5O2/c18-16-12(10-20-17(21-16)22-7-5-19-6-8-22)9-13-11-23-14-3-1-2-4-15(14)24-13/h1-4,10,13,19H,5-9,11H2,(H2,18,20,21). The molecule has 7 heteroatoms. The summed E-state index contributed by atoms with van der Waals surface area (Å²) < 4.78 is 11.7. The van der Waals surface area contributed by atoms with Gasteiger partial charge in [0.05, 0.1) is 0 Å². The fraction of sp³-hybridized carbons (Fsp3) is 0.412. The van der Waals surface area contributed by atoms with Crippen LogP contribution in [0.4, 0.5) is 11.8 Å². The fourth-order valence-electron chi connectivity index (χ4n) is 2.99. The van der Waals surface area contributed by atoms with Crippen molar-refractivity contribution in [2.75, 3.05) is 43.4 Å². The van der Waals surface area contributed by atoms with Gasteiger partial charge in [-0.25, -0.2) is 4.98 Å². The van der Waals surface area contributed by atoms with E-state index in [2.05, 4.69) is 20.2 Å². The average Bonchev–Trinajstić information content (AvgIpc) is 2.64. The number of benzene rings is 1. The Bertz CT molecular complexity index is 718. The molecule has 3 heterocycles. The predicted octanol–water partition coefficient (Wildman–Crippen LogP) is 0.851. The highest BCUT2D eigenvalue weighted by atomic mass is 16.6. The van der Waals surface area contributed by atoms with Crippen LogP contribution in [0.3, 0.4) is 0 Å². The minimum absolute atomic E-state index is 0.0872. The van der Waals surface area contributed by atoms with Crippen LogP contribution >= 0.6 is 0 Å². The highest BCUT2D eigenvalue weighted by Crippen LogP contribution is 2.32. The van der Waals surface area contributed by atoms with Gasteiger partial charge in [0.1, 0.15) is 18.5 Å². The minimum atomic E-state index is -0.0872. The number of para-hydroxylation sites is 2. The molecule has 2 aliphatic heterocycles. The molecule has 0 saturated carbocycles. The third-order valence-electron chi connectivity index (χ3n) is 4.30. The average molecular weight is 327 g/mol. The molecule has 0 radical (unpaired) electrons. The number of anilines is 2. The van der Waals surface area contributed by atoms with Crippen LogP contribution in [-0.4, -0.2) is 48.9 Å². The minimum Gasteiger partial charge on any atom is -0.486 e. The summed E-state index contributed by atoms with van der Waals surface area (Å²) in [5.74, 6) is 2.77. The monoisotopic (exact) mass is 327 g/mol. The van der Waals surface area contributed by atoms with Crippen LogP contribution in [0, 0.1) is 0 Å². The number of nitrogens with zero attached hydrogens (tertiary/aromatic N) is 3. The second-order valence-corrected chi connectivity index (χ2v) is 6.02. The van der Waals surface area contributed by atoms with Crippen molar-refractivity contribution in [2.24, 2.45) is 0 Å². The Labute approximate surface area is 140 Å². The molecule has 1 atom stereocenters. The number of hydrogen-bond acceptors (Lipinski definition) is 7. The molecule has 1 unspecified atom stereocenters. The first-order chi connectivity index (χ1) is 11.8. The topological polar surface area (TPSA) is 85.5 Å². The largest absolute Gasteiger partial charge is 0.486 e. The van der Waals surface area contributed by atoms with Gasteiger partial charge in [0, 0.05) is 44.4 Å². The smallest absolute Gasteiger partial charge is 0.227 e. The molecule has 2 aliphatic rings. The highest BCUT2D eigenvalue weighted by Gasteiger charge is 2.23. The highest BCUT2D eigenvalue weighted by molar-refractivity contribution is 5.45. The summed E-state index contributed by atoms with van der Waals surface area (Å²) in [5.41, 5.74) is 7.04. The number of hydrogen-bond donors (Lipinski definition) is 2. The molecule has 0 aliphatic carbocycles. The quantitative estimate of drug-likeness (QED) is 0.864. The van der Waals surface area contributed by atoms with Crippen LogP contribution < -0.4 is 25.4 Å². The third kappa shape index (κ3) is 3.07. The zero-order chi connectivity index (χ0) is 16.4. The first kappa shape index (κ1) is 15.0. The number of piperazine rings is 1. The van der Waals surface area contributed by atoms with Crippen LogP contribution in [0.25, 0.3) is 0 Å². The fourth-order valence-corrected chi connectivity index (χ4v) is 2.99. The van der Waals surface area contributed by atoms with E-state index in [1.807, 2.05) is 30.5 Å². The van der Waals surface area contributed by atoms with E-state index >= 15 is 0 Å². The molecule has 1 saturated heterocycles. The molecular weight excluding hydrogens is 306 g/mol. The van der Waals surface area contributed by atoms with E-state index < -0.39 is 0 Å². The second kappa shape index (κ2) is 6.52. The summed E-state index contributed by atoms with van der Waals surface area (Å²) in [7, 11) is 0. The zero-order valence-electron chi connectivity index (χ0n) is 13.4. The first-order valence-corrected chi connectivity index (χ1v) is 8.25. The SMILES string of the molecule is Nc1nc(N2CCNCC2)ncc1CC1COc2ccccc2O1. The lowest BCUT2D eigenvalue weighted by Crippen LogP contribution is -2.44. The van der Waals surface area contributed by atoms with Crippen molar-refractivity contribution in [3.05, 3.63) is 36.0 Å². The van der Waals surface area contributed by atoms with Crippen molar-refractivity contribution in [2.45, 2.75) is 12.5 Å². The second-order valence-electron chi connectivity index (χ2n) is 6.02. The lowest BCUT2D eigenvalue weighted by atomic mass is 10.1. The van der Waals surface area contributed by atoms with Crippen LogP contribution in [-0.2, 0) is 6.42 Å². The molecule has 1 aromatic carbocycles. The first-order valence-electron chi connectivity index (χ1n) is 8.25. The summed E-state index contributed by atoms with van der Waals surface area (Å²) in [4.78, 5) is 11.1. The summed E-state index contributed by atoms with van der Waals surface area (Å²) >= 11 is 0. The Morgan fingerprint density at radius 2 is 2.00 bits per heavy atom. The van der Waals surface area contributed by atoms with E-state index in [0.29, 0.717) is 24.8 Å². The molecule has 24 heavy (non-hydrogen) atoms. The molecule has 4 rings (SSSR count). The maximum Gasteiger partial charge on any atom is 0.227 e. The van der Waals surface area contributed by atoms with Crippen molar-refractivity contribution >= 4 is 11.8 Å². The Hall–Kier alpha value is -2.54. The van der Waals surface area contributed by atoms with E-state index in [1.165, 1.54) is 0 Å². The summed E-state index contributed by atoms with van der Waals surface area (Å²) in [5, 5.41) is 3.31. The van der Waals surface area contributed by atoms with Gasteiger partial charge in [0.2, 0.25) is 5.95 Å². The van der Waals surface area contributed by atoms with Crippen molar-refractivity contribution in [3.63, 3.8) is 0 Å². The Morgan fingerprint density at radius 3 is 2.79 bits per heavy atom. The Kier molecular flexibility index (Phi) is 4.08. The molecule has 1 fully saturated rings. The third-order valence-corrected chi connectivity index (χ3v) is 4.30. The van der Waals surface area contributed by atoms with Crippen molar-refractivity contribution in [1.29, 1.82) is 0 Å².